The van der Waals surface area contributed by atoms with Crippen molar-refractivity contribution in [3.63, 3.8) is 0 Å². The van der Waals surface area contributed by atoms with E-state index in [0.29, 0.717) is 13.2 Å². The Morgan fingerprint density at radius 3 is 2.47 bits per heavy atom. The second kappa shape index (κ2) is 4.78. The van der Waals surface area contributed by atoms with Crippen LogP contribution in [0.2, 0.25) is 0 Å². The summed E-state index contributed by atoms with van der Waals surface area (Å²) in [6.45, 7) is 7.30. The first-order valence-corrected chi connectivity index (χ1v) is 5.82. The van der Waals surface area contributed by atoms with Gasteiger partial charge in [-0.2, -0.15) is 0 Å². The molecule has 4 nitrogen and oxygen atoms in total. The van der Waals surface area contributed by atoms with Gasteiger partial charge in [0.15, 0.2) is 0 Å². The van der Waals surface area contributed by atoms with Crippen LogP contribution in [0.4, 0.5) is 0 Å². The normalized spacial score (nSPS) is 44.2. The lowest BCUT2D eigenvalue weighted by atomic mass is 10.0. The van der Waals surface area contributed by atoms with E-state index in [9.17, 15) is 5.11 Å². The van der Waals surface area contributed by atoms with Gasteiger partial charge in [0, 0.05) is 19.7 Å². The third-order valence-electron chi connectivity index (χ3n) is 3.21. The molecule has 0 saturated carbocycles. The third kappa shape index (κ3) is 2.69. The summed E-state index contributed by atoms with van der Waals surface area (Å²) < 4.78 is 11.1. The van der Waals surface area contributed by atoms with Crippen LogP contribution in [0.5, 0.6) is 0 Å². The van der Waals surface area contributed by atoms with Crippen molar-refractivity contribution in [2.45, 2.75) is 44.6 Å². The number of aliphatic hydroxyl groups excluding tert-OH is 1. The lowest BCUT2D eigenvalue weighted by molar-refractivity contribution is -0.125. The maximum absolute atomic E-state index is 9.93. The van der Waals surface area contributed by atoms with Crippen LogP contribution in [-0.4, -0.2) is 60.7 Å². The minimum absolute atomic E-state index is 0.160. The van der Waals surface area contributed by atoms with Crippen molar-refractivity contribution in [1.82, 2.24) is 4.90 Å². The number of rotatable bonds is 1. The Morgan fingerprint density at radius 2 is 1.87 bits per heavy atom. The van der Waals surface area contributed by atoms with Crippen LogP contribution in [-0.2, 0) is 9.47 Å². The van der Waals surface area contributed by atoms with Crippen LogP contribution in [0, 0.1) is 0 Å². The molecular weight excluding hydrogens is 194 g/mol. The van der Waals surface area contributed by atoms with E-state index < -0.39 is 0 Å². The molecule has 2 fully saturated rings. The van der Waals surface area contributed by atoms with Gasteiger partial charge in [0.25, 0.3) is 0 Å². The van der Waals surface area contributed by atoms with Crippen LogP contribution in [0.3, 0.4) is 0 Å². The highest BCUT2D eigenvalue weighted by Crippen LogP contribution is 2.19. The van der Waals surface area contributed by atoms with Crippen molar-refractivity contribution in [3.8, 4) is 0 Å². The third-order valence-corrected chi connectivity index (χ3v) is 3.21. The zero-order chi connectivity index (χ0) is 10.8. The van der Waals surface area contributed by atoms with Gasteiger partial charge in [0.1, 0.15) is 0 Å². The van der Waals surface area contributed by atoms with E-state index in [0.717, 1.165) is 19.5 Å². The molecule has 0 bridgehead atoms. The molecule has 0 aromatic carbocycles. The molecule has 0 aromatic heterocycles. The predicted molar refractivity (Wildman–Crippen MR) is 56.8 cm³/mol. The van der Waals surface area contributed by atoms with E-state index in [4.69, 9.17) is 9.47 Å². The summed E-state index contributed by atoms with van der Waals surface area (Å²) in [7, 11) is 0. The fourth-order valence-electron chi connectivity index (χ4n) is 2.55. The number of hydrogen-bond acceptors (Lipinski definition) is 4. The SMILES string of the molecule is CC1CN(C2COCCC2O)CC(C)O1. The number of aliphatic hydroxyl groups is 1. The molecule has 0 radical (unpaired) electrons. The molecular formula is C11H21NO3. The van der Waals surface area contributed by atoms with Crippen LogP contribution in [0.1, 0.15) is 20.3 Å². The van der Waals surface area contributed by atoms with Crippen LogP contribution in [0.25, 0.3) is 0 Å². The van der Waals surface area contributed by atoms with Crippen LogP contribution < -0.4 is 0 Å². The van der Waals surface area contributed by atoms with Crippen molar-refractivity contribution >= 4 is 0 Å². The first kappa shape index (κ1) is 11.3. The second-order valence-corrected chi connectivity index (χ2v) is 4.71. The van der Waals surface area contributed by atoms with Crippen molar-refractivity contribution in [2.24, 2.45) is 0 Å². The molecule has 2 rings (SSSR count). The second-order valence-electron chi connectivity index (χ2n) is 4.71. The smallest absolute Gasteiger partial charge is 0.0739 e. The van der Waals surface area contributed by atoms with Crippen LogP contribution >= 0.6 is 0 Å². The molecule has 2 aliphatic heterocycles. The predicted octanol–water partition coefficient (Wildman–Crippen LogP) is 0.245. The van der Waals surface area contributed by atoms with E-state index in [1.54, 1.807) is 0 Å². The van der Waals surface area contributed by atoms with Crippen molar-refractivity contribution in [3.05, 3.63) is 0 Å². The monoisotopic (exact) mass is 215 g/mol. The molecule has 0 aliphatic carbocycles. The molecule has 4 atom stereocenters. The number of hydrogen-bond donors (Lipinski definition) is 1. The molecule has 1 N–H and O–H groups in total. The van der Waals surface area contributed by atoms with Gasteiger partial charge >= 0.3 is 0 Å². The average molecular weight is 215 g/mol. The van der Waals surface area contributed by atoms with Crippen molar-refractivity contribution < 1.29 is 14.6 Å². The minimum atomic E-state index is -0.240. The van der Waals surface area contributed by atoms with Gasteiger partial charge in [-0.15, -0.1) is 0 Å². The Hall–Kier alpha value is -0.160. The summed E-state index contributed by atoms with van der Waals surface area (Å²) in [5.41, 5.74) is 0. The molecule has 4 heteroatoms. The molecule has 4 unspecified atom stereocenters. The number of morpholine rings is 1. The Kier molecular flexibility index (Phi) is 3.61. The summed E-state index contributed by atoms with van der Waals surface area (Å²) in [6.07, 6.45) is 1.02. The topological polar surface area (TPSA) is 41.9 Å². The summed E-state index contributed by atoms with van der Waals surface area (Å²) >= 11 is 0. The summed E-state index contributed by atoms with van der Waals surface area (Å²) in [5, 5.41) is 9.93. The van der Waals surface area contributed by atoms with Gasteiger partial charge in [-0.1, -0.05) is 0 Å². The average Bonchev–Trinajstić information content (AvgIpc) is 2.16. The molecule has 15 heavy (non-hydrogen) atoms. The summed E-state index contributed by atoms with van der Waals surface area (Å²) in [5.74, 6) is 0. The first-order valence-electron chi connectivity index (χ1n) is 5.82. The molecule has 2 aliphatic rings. The maximum Gasteiger partial charge on any atom is 0.0739 e. The van der Waals surface area contributed by atoms with Crippen molar-refractivity contribution in [1.29, 1.82) is 0 Å². The highest BCUT2D eigenvalue weighted by Gasteiger charge is 2.33. The minimum Gasteiger partial charge on any atom is -0.391 e. The van der Waals surface area contributed by atoms with Gasteiger partial charge in [-0.3, -0.25) is 4.90 Å². The molecule has 2 saturated heterocycles. The molecule has 0 spiro atoms. The highest BCUT2D eigenvalue weighted by atomic mass is 16.5. The Bertz CT molecular complexity index is 202. The lowest BCUT2D eigenvalue weighted by Crippen LogP contribution is -2.56. The van der Waals surface area contributed by atoms with E-state index in [-0.39, 0.29) is 24.4 Å². The van der Waals surface area contributed by atoms with E-state index >= 15 is 0 Å². The molecule has 2 heterocycles. The maximum atomic E-state index is 9.93. The number of ether oxygens (including phenoxy) is 2. The molecule has 0 aromatic rings. The highest BCUT2D eigenvalue weighted by molar-refractivity contribution is 4.86. The van der Waals surface area contributed by atoms with E-state index in [1.807, 2.05) is 0 Å². The standard InChI is InChI=1S/C11H21NO3/c1-8-5-12(6-9(2)15-8)10-7-14-4-3-11(10)13/h8-11,13H,3-7H2,1-2H3. The summed E-state index contributed by atoms with van der Waals surface area (Å²) in [6, 6.07) is 0.160. The van der Waals surface area contributed by atoms with Gasteiger partial charge in [-0.25, -0.2) is 0 Å². The summed E-state index contributed by atoms with van der Waals surface area (Å²) in [4.78, 5) is 2.31. The zero-order valence-electron chi connectivity index (χ0n) is 9.56. The fraction of sp³-hybridized carbons (Fsp3) is 1.00. The number of nitrogens with zero attached hydrogens (tertiary/aromatic N) is 1. The Morgan fingerprint density at radius 1 is 1.20 bits per heavy atom. The fourth-order valence-corrected chi connectivity index (χ4v) is 2.55. The van der Waals surface area contributed by atoms with Gasteiger partial charge in [-0.05, 0) is 20.3 Å². The zero-order valence-corrected chi connectivity index (χ0v) is 9.56. The van der Waals surface area contributed by atoms with Crippen molar-refractivity contribution in [2.75, 3.05) is 26.3 Å². The lowest BCUT2D eigenvalue weighted by Gasteiger charge is -2.43. The largest absolute Gasteiger partial charge is 0.391 e. The Balaban J connectivity index is 1.95. The van der Waals surface area contributed by atoms with E-state index in [2.05, 4.69) is 18.7 Å². The van der Waals surface area contributed by atoms with Crippen LogP contribution in [0.15, 0.2) is 0 Å². The molecule has 88 valence electrons. The quantitative estimate of drug-likeness (QED) is 0.680. The van der Waals surface area contributed by atoms with Gasteiger partial charge in [0.05, 0.1) is 31.0 Å². The molecule has 0 amide bonds. The first-order chi connectivity index (χ1) is 7.16. The Labute approximate surface area is 91.2 Å². The van der Waals surface area contributed by atoms with Gasteiger partial charge in [0.2, 0.25) is 0 Å². The van der Waals surface area contributed by atoms with Gasteiger partial charge < -0.3 is 14.6 Å². The van der Waals surface area contributed by atoms with E-state index in [1.165, 1.54) is 0 Å².